The molecule has 0 spiro atoms. The van der Waals surface area contributed by atoms with Crippen molar-refractivity contribution >= 4 is 52.7 Å². The number of carbonyl (C=O) groups is 8. The van der Waals surface area contributed by atoms with Crippen molar-refractivity contribution in [3.63, 3.8) is 0 Å². The van der Waals surface area contributed by atoms with Gasteiger partial charge in [-0.05, 0) is 112 Å². The Labute approximate surface area is 538 Å². The van der Waals surface area contributed by atoms with Crippen LogP contribution in [0.2, 0.25) is 0 Å². The summed E-state index contributed by atoms with van der Waals surface area (Å²) in [5, 5.41) is 22.0. The number of ketones is 4. The van der Waals surface area contributed by atoms with Gasteiger partial charge in [0.1, 0.15) is 5.75 Å². The van der Waals surface area contributed by atoms with E-state index in [0.717, 1.165) is 36.9 Å². The number of aromatic amines is 1. The van der Waals surface area contributed by atoms with Gasteiger partial charge >= 0.3 is 0 Å². The Morgan fingerprint density at radius 1 is 0.533 bits per heavy atom. The fraction of sp³-hybridized carbons (Fsp3) is 0.662. The number of hydrogen-bond acceptors (Lipinski definition) is 12. The highest BCUT2D eigenvalue weighted by Gasteiger charge is 2.35. The summed E-state index contributed by atoms with van der Waals surface area (Å²) >= 11 is 0. The van der Waals surface area contributed by atoms with Crippen molar-refractivity contribution in [2.75, 3.05) is 13.1 Å². The highest BCUT2D eigenvalue weighted by molar-refractivity contribution is 5.97. The van der Waals surface area contributed by atoms with Gasteiger partial charge in [-0.3, -0.25) is 43.3 Å². The zero-order valence-corrected chi connectivity index (χ0v) is 55.7. The quantitative estimate of drug-likeness (QED) is 0.0144. The van der Waals surface area contributed by atoms with Gasteiger partial charge in [0.25, 0.3) is 0 Å². The van der Waals surface area contributed by atoms with Gasteiger partial charge in [-0.15, -0.1) is 0 Å². The van der Waals surface area contributed by atoms with E-state index in [2.05, 4.69) is 43.2 Å². The van der Waals surface area contributed by atoms with Gasteiger partial charge in [0.2, 0.25) is 23.6 Å². The molecule has 0 saturated heterocycles. The fourth-order valence-corrected chi connectivity index (χ4v) is 11.5. The van der Waals surface area contributed by atoms with E-state index in [1.165, 1.54) is 69.9 Å². The van der Waals surface area contributed by atoms with Crippen molar-refractivity contribution in [3.8, 4) is 5.75 Å². The molecule has 4 amide bonds. The minimum absolute atomic E-state index is 0.00259. The molecule has 0 aliphatic heterocycles. The van der Waals surface area contributed by atoms with E-state index < -0.39 is 71.2 Å². The minimum Gasteiger partial charge on any atom is -0.508 e. The maximum atomic E-state index is 14.9. The van der Waals surface area contributed by atoms with Crippen molar-refractivity contribution < 1.29 is 43.5 Å². The second-order valence-electron chi connectivity index (χ2n) is 26.2. The van der Waals surface area contributed by atoms with E-state index in [9.17, 15) is 43.5 Å². The normalized spacial score (nSPS) is 14.1. The number of nitrogens with two attached hydrogens (primary N) is 3. The number of carbonyl (C=O) groups excluding carboxylic acids is 8. The van der Waals surface area contributed by atoms with Gasteiger partial charge in [0, 0.05) is 68.3 Å². The molecule has 19 nitrogen and oxygen atoms in total. The summed E-state index contributed by atoms with van der Waals surface area (Å²) in [5.74, 6) is -6.02. The van der Waals surface area contributed by atoms with Crippen LogP contribution in [0.5, 0.6) is 5.75 Å². The Balaban J connectivity index is 1.84. The molecular weight excluding hydrogens is 1140 g/mol. The molecule has 3 aromatic rings. The predicted octanol–water partition coefficient (Wildman–Crippen LogP) is 10.2. The molecule has 90 heavy (non-hydrogen) atoms. The van der Waals surface area contributed by atoms with Crippen molar-refractivity contribution in [2.24, 2.45) is 57.7 Å². The monoisotopic (exact) mass is 1250 g/mol. The summed E-state index contributed by atoms with van der Waals surface area (Å²) in [6, 6.07) is 11.4. The molecular formula is C71H114N10O9. The molecule has 0 fully saturated rings. The zero-order chi connectivity index (χ0) is 66.2. The highest BCUT2D eigenvalue weighted by atomic mass is 16.3. The Bertz CT molecular complexity index is 2590. The molecule has 0 unspecified atom stereocenters. The third-order valence-electron chi connectivity index (χ3n) is 16.7. The van der Waals surface area contributed by atoms with Crippen LogP contribution in [-0.4, -0.2) is 105 Å². The molecule has 3 rings (SSSR count). The highest BCUT2D eigenvalue weighted by Crippen LogP contribution is 2.24. The number of guanidine groups is 1. The first kappa shape index (κ1) is 77.5. The maximum absolute atomic E-state index is 14.9. The lowest BCUT2D eigenvalue weighted by atomic mass is 9.87. The Morgan fingerprint density at radius 2 is 1.06 bits per heavy atom. The number of phenols is 1. The second kappa shape index (κ2) is 44.7. The number of nitrogens with one attached hydrogen (secondary N) is 5. The van der Waals surface area contributed by atoms with Crippen molar-refractivity contribution in [2.45, 2.75) is 252 Å². The molecule has 0 aliphatic carbocycles. The Morgan fingerprint density at radius 3 is 1.63 bits per heavy atom. The summed E-state index contributed by atoms with van der Waals surface area (Å²) in [4.78, 5) is 126. The summed E-state index contributed by atoms with van der Waals surface area (Å²) in [6.45, 7) is 14.2. The van der Waals surface area contributed by atoms with E-state index in [0.29, 0.717) is 57.1 Å². The van der Waals surface area contributed by atoms with E-state index in [4.69, 9.17) is 17.2 Å². The van der Waals surface area contributed by atoms with Crippen LogP contribution in [-0.2, 0) is 57.6 Å². The lowest BCUT2D eigenvalue weighted by Gasteiger charge is -2.27. The van der Waals surface area contributed by atoms with Gasteiger partial charge in [-0.2, -0.15) is 0 Å². The van der Waals surface area contributed by atoms with Crippen molar-refractivity contribution in [1.29, 1.82) is 0 Å². The number of benzene rings is 2. The lowest BCUT2D eigenvalue weighted by molar-refractivity contribution is -0.136. The standard InChI is InChI=1S/C71H114N10O9/c1-8-9-10-11-12-13-14-15-16-17-18-19-23-31-67(87)78-60(38-49(2)3)64(84)42-52(7)68(88)80-62(44-54-32-34-58(82)35-33-54)66(86)46-56(43-53-27-21-20-22-28-53)70(90)79-59(30-26-37-76-71(73)74)65(85)45-55(29-24-25-36-72)69(89)81-61(39-50(4)5)63(83)41-51(6)40-57-47-75-48-77-57/h20-22,27-28,32-35,47-52,55-56,59-62,82H,8-19,23-26,29-31,36-46,72H2,1-7H3,(H,75,77)(H,78,87)(H,79,90)(H,80,88)(H,81,89)(H4,73,74,76)/t51-,52-,55-,56-,59+,60+,61+,62+/m1/s1. The average molecular weight is 1250 g/mol. The fourth-order valence-electron chi connectivity index (χ4n) is 11.5. The van der Waals surface area contributed by atoms with Crippen LogP contribution in [0.1, 0.15) is 226 Å². The molecule has 1 heterocycles. The number of aromatic hydroxyl groups is 1. The van der Waals surface area contributed by atoms with Gasteiger partial charge in [-0.25, -0.2) is 4.98 Å². The first-order valence-corrected chi connectivity index (χ1v) is 33.9. The number of hydrogen-bond donors (Lipinski definition) is 9. The molecule has 0 radical (unpaired) electrons. The van der Waals surface area contributed by atoms with Crippen molar-refractivity contribution in [3.05, 3.63) is 83.9 Å². The first-order valence-electron chi connectivity index (χ1n) is 33.9. The Hall–Kier alpha value is -6.76. The Kier molecular flexibility index (Phi) is 38.5. The third-order valence-corrected chi connectivity index (χ3v) is 16.7. The smallest absolute Gasteiger partial charge is 0.224 e. The number of aliphatic imine (C=N–C) groups is 1. The summed E-state index contributed by atoms with van der Waals surface area (Å²) in [6.07, 6.45) is 21.7. The molecule has 0 saturated carbocycles. The van der Waals surface area contributed by atoms with Crippen LogP contribution in [0.4, 0.5) is 0 Å². The minimum atomic E-state index is -1.19. The number of Topliss-reactive ketones (excluding diaryl/α,β-unsaturated/α-hetero) is 4. The van der Waals surface area contributed by atoms with Gasteiger partial charge in [-0.1, -0.05) is 174 Å². The van der Waals surface area contributed by atoms with Crippen LogP contribution >= 0.6 is 0 Å². The van der Waals surface area contributed by atoms with E-state index in [1.807, 2.05) is 65.0 Å². The number of H-pyrrole nitrogens is 1. The molecule has 8 atom stereocenters. The molecule has 502 valence electrons. The number of nitrogens with zero attached hydrogens (tertiary/aromatic N) is 2. The molecule has 19 heteroatoms. The maximum Gasteiger partial charge on any atom is 0.224 e. The van der Waals surface area contributed by atoms with Gasteiger partial charge in [0.05, 0.1) is 30.5 Å². The van der Waals surface area contributed by atoms with E-state index in [-0.39, 0.29) is 105 Å². The van der Waals surface area contributed by atoms with Crippen LogP contribution in [0, 0.1) is 35.5 Å². The average Bonchev–Trinajstić information content (AvgIpc) is 3.77. The zero-order valence-electron chi connectivity index (χ0n) is 55.7. The van der Waals surface area contributed by atoms with Gasteiger partial charge < -0.3 is 48.6 Å². The third kappa shape index (κ3) is 33.3. The lowest BCUT2D eigenvalue weighted by Crippen LogP contribution is -2.49. The molecule has 0 bridgehead atoms. The van der Waals surface area contributed by atoms with Crippen molar-refractivity contribution in [1.82, 2.24) is 31.2 Å². The number of aromatic nitrogens is 2. The van der Waals surface area contributed by atoms with Crippen LogP contribution in [0.25, 0.3) is 0 Å². The number of rotatable bonds is 51. The second-order valence-corrected chi connectivity index (χ2v) is 26.2. The predicted molar refractivity (Wildman–Crippen MR) is 358 cm³/mol. The SMILES string of the molecule is CCCCCCCCCCCCCCCC(=O)N[C@@H](CC(C)C)C(=O)C[C@@H](C)C(=O)N[C@@H](Cc1ccc(O)cc1)C(=O)C[C@@H](Cc1ccccc1)C(=O)N[C@@H](CCCN=C(N)N)C(=O)C[C@@H](CCCCN)C(=O)N[C@@H](CC(C)C)C(=O)C[C@H](C)Cc1cnc[nH]1. The van der Waals surface area contributed by atoms with E-state index >= 15 is 0 Å². The molecule has 2 aromatic carbocycles. The first-order chi connectivity index (χ1) is 43.1. The number of amides is 4. The number of unbranched alkanes of at least 4 members (excludes halogenated alkanes) is 13. The molecule has 1 aromatic heterocycles. The topological polar surface area (TPSA) is 324 Å². The number of phenolic OH excluding ortho intramolecular Hbond substituents is 1. The van der Waals surface area contributed by atoms with Gasteiger partial charge in [0.15, 0.2) is 29.1 Å². The summed E-state index contributed by atoms with van der Waals surface area (Å²) in [7, 11) is 0. The summed E-state index contributed by atoms with van der Waals surface area (Å²) in [5.41, 5.74) is 19.5. The summed E-state index contributed by atoms with van der Waals surface area (Å²) < 4.78 is 0. The molecule has 12 N–H and O–H groups in total. The molecule has 0 aliphatic rings. The largest absolute Gasteiger partial charge is 0.508 e. The van der Waals surface area contributed by atoms with Crippen LogP contribution < -0.4 is 38.5 Å². The number of imidazole rings is 1. The van der Waals surface area contributed by atoms with E-state index in [1.54, 1.807) is 31.6 Å². The van der Waals surface area contributed by atoms with Crippen LogP contribution in [0.3, 0.4) is 0 Å². The van der Waals surface area contributed by atoms with Crippen LogP contribution in [0.15, 0.2) is 72.1 Å².